The van der Waals surface area contributed by atoms with Gasteiger partial charge in [-0.2, -0.15) is 4.31 Å². The summed E-state index contributed by atoms with van der Waals surface area (Å²) in [5, 5.41) is 3.15. The minimum absolute atomic E-state index is 0. The molecular weight excluding hydrogens is 330 g/mol. The van der Waals surface area contributed by atoms with Crippen LogP contribution in [-0.2, 0) is 10.0 Å². The average Bonchev–Trinajstić information content (AvgIpc) is 2.76. The summed E-state index contributed by atoms with van der Waals surface area (Å²) in [6, 6.07) is 4.15. The van der Waals surface area contributed by atoms with E-state index in [1.165, 1.54) is 29.6 Å². The van der Waals surface area contributed by atoms with Crippen LogP contribution in [0.1, 0.15) is 16.8 Å². The summed E-state index contributed by atoms with van der Waals surface area (Å²) in [5.41, 5.74) is 5.33. The maximum atomic E-state index is 12.6. The number of carbonyl (C=O) groups excluding carboxylic acids is 1. The number of ether oxygens (including phenoxy) is 1. The summed E-state index contributed by atoms with van der Waals surface area (Å²) < 4.78 is 31.7. The van der Waals surface area contributed by atoms with Crippen LogP contribution in [0, 0.1) is 0 Å². The number of nitrogens with zero attached hydrogens (tertiary/aromatic N) is 1. The summed E-state index contributed by atoms with van der Waals surface area (Å²) >= 11 is 0. The zero-order chi connectivity index (χ0) is 15.5. The number of rotatable bonds is 4. The Kier molecular flexibility index (Phi) is 6.61. The third-order valence-corrected chi connectivity index (χ3v) is 5.27. The number of methoxy groups -OCH3 is 1. The lowest BCUT2D eigenvalue weighted by molar-refractivity contribution is 0.0997. The molecule has 1 aliphatic rings. The molecule has 0 radical (unpaired) electrons. The van der Waals surface area contributed by atoms with Gasteiger partial charge in [0.15, 0.2) is 0 Å². The maximum absolute atomic E-state index is 12.6. The molecule has 0 unspecified atom stereocenters. The van der Waals surface area contributed by atoms with E-state index in [4.69, 9.17) is 10.5 Å². The van der Waals surface area contributed by atoms with Crippen LogP contribution in [0.5, 0.6) is 5.75 Å². The van der Waals surface area contributed by atoms with Crippen molar-refractivity contribution < 1.29 is 17.9 Å². The number of primary amides is 1. The predicted molar refractivity (Wildman–Crippen MR) is 85.0 cm³/mol. The molecule has 3 N–H and O–H groups in total. The van der Waals surface area contributed by atoms with Crippen molar-refractivity contribution in [2.24, 2.45) is 5.73 Å². The molecule has 1 heterocycles. The molecule has 0 aromatic heterocycles. The van der Waals surface area contributed by atoms with Gasteiger partial charge in [-0.15, -0.1) is 12.4 Å². The average molecular weight is 350 g/mol. The molecule has 124 valence electrons. The Bertz CT molecular complexity index is 628. The highest BCUT2D eigenvalue weighted by molar-refractivity contribution is 7.89. The van der Waals surface area contributed by atoms with Gasteiger partial charge in [0.25, 0.3) is 5.91 Å². The number of amides is 1. The fourth-order valence-electron chi connectivity index (χ4n) is 2.25. The van der Waals surface area contributed by atoms with Gasteiger partial charge in [0.1, 0.15) is 5.75 Å². The Morgan fingerprint density at radius 1 is 1.32 bits per heavy atom. The van der Waals surface area contributed by atoms with E-state index < -0.39 is 15.9 Å². The quantitative estimate of drug-likeness (QED) is 0.808. The van der Waals surface area contributed by atoms with Gasteiger partial charge in [-0.05, 0) is 31.2 Å². The summed E-state index contributed by atoms with van der Waals surface area (Å²) in [4.78, 5) is 11.5. The molecule has 0 spiro atoms. The van der Waals surface area contributed by atoms with Crippen molar-refractivity contribution >= 4 is 28.3 Å². The van der Waals surface area contributed by atoms with E-state index in [-0.39, 0.29) is 28.6 Å². The molecule has 2 rings (SSSR count). The second-order valence-electron chi connectivity index (χ2n) is 4.73. The second kappa shape index (κ2) is 7.77. The minimum Gasteiger partial charge on any atom is -0.496 e. The van der Waals surface area contributed by atoms with Crippen molar-refractivity contribution in [3.8, 4) is 5.75 Å². The Balaban J connectivity index is 0.00000242. The molecule has 22 heavy (non-hydrogen) atoms. The van der Waals surface area contributed by atoms with Crippen LogP contribution in [0.15, 0.2) is 23.1 Å². The first-order chi connectivity index (χ1) is 9.96. The third-order valence-electron chi connectivity index (χ3n) is 3.37. The lowest BCUT2D eigenvalue weighted by Crippen LogP contribution is -2.34. The van der Waals surface area contributed by atoms with Gasteiger partial charge in [-0.25, -0.2) is 8.42 Å². The maximum Gasteiger partial charge on any atom is 0.252 e. The highest BCUT2D eigenvalue weighted by atomic mass is 35.5. The molecular formula is C13H20ClN3O4S. The molecule has 0 atom stereocenters. The Labute approximate surface area is 136 Å². The number of nitrogens with one attached hydrogen (secondary N) is 1. The predicted octanol–water partition coefficient (Wildman–Crippen LogP) is 0.200. The Hall–Kier alpha value is -1.35. The molecule has 1 aromatic rings. The fourth-order valence-corrected chi connectivity index (χ4v) is 3.76. The molecule has 1 fully saturated rings. The molecule has 7 nitrogen and oxygen atoms in total. The summed E-state index contributed by atoms with van der Waals surface area (Å²) in [6.45, 7) is 2.26. The van der Waals surface area contributed by atoms with Crippen molar-refractivity contribution in [3.05, 3.63) is 23.8 Å². The van der Waals surface area contributed by atoms with E-state index in [1.807, 2.05) is 0 Å². The fraction of sp³-hybridized carbons (Fsp3) is 0.462. The zero-order valence-corrected chi connectivity index (χ0v) is 13.9. The molecule has 0 bridgehead atoms. The first-order valence-electron chi connectivity index (χ1n) is 6.65. The monoisotopic (exact) mass is 349 g/mol. The van der Waals surface area contributed by atoms with Crippen LogP contribution < -0.4 is 15.8 Å². The highest BCUT2D eigenvalue weighted by Crippen LogP contribution is 2.24. The zero-order valence-electron chi connectivity index (χ0n) is 12.2. The van der Waals surface area contributed by atoms with Gasteiger partial charge in [-0.1, -0.05) is 0 Å². The lowest BCUT2D eigenvalue weighted by Gasteiger charge is -2.20. The van der Waals surface area contributed by atoms with Crippen molar-refractivity contribution in [1.29, 1.82) is 0 Å². The second-order valence-corrected chi connectivity index (χ2v) is 6.67. The van der Waals surface area contributed by atoms with Crippen molar-refractivity contribution in [1.82, 2.24) is 9.62 Å². The van der Waals surface area contributed by atoms with Crippen LogP contribution in [-0.4, -0.2) is 51.9 Å². The van der Waals surface area contributed by atoms with Gasteiger partial charge in [0.05, 0.1) is 17.6 Å². The molecule has 9 heteroatoms. The van der Waals surface area contributed by atoms with Crippen molar-refractivity contribution in [2.75, 3.05) is 33.3 Å². The molecule has 1 amide bonds. The van der Waals surface area contributed by atoms with Crippen LogP contribution in [0.25, 0.3) is 0 Å². The molecule has 1 aromatic carbocycles. The lowest BCUT2D eigenvalue weighted by atomic mass is 10.2. The highest BCUT2D eigenvalue weighted by Gasteiger charge is 2.26. The van der Waals surface area contributed by atoms with E-state index in [0.717, 1.165) is 13.0 Å². The third kappa shape index (κ3) is 3.89. The van der Waals surface area contributed by atoms with E-state index >= 15 is 0 Å². The van der Waals surface area contributed by atoms with E-state index in [0.29, 0.717) is 19.6 Å². The normalized spacial score (nSPS) is 16.4. The summed E-state index contributed by atoms with van der Waals surface area (Å²) in [7, 11) is -2.24. The van der Waals surface area contributed by atoms with Gasteiger partial charge in [-0.3, -0.25) is 4.79 Å². The first-order valence-corrected chi connectivity index (χ1v) is 8.09. The number of sulfonamides is 1. The topological polar surface area (TPSA) is 102 Å². The molecule has 0 saturated carbocycles. The van der Waals surface area contributed by atoms with Gasteiger partial charge in [0, 0.05) is 19.6 Å². The Morgan fingerprint density at radius 3 is 2.68 bits per heavy atom. The standard InChI is InChI=1S/C13H19N3O4S.ClH/c1-20-12-4-3-10(9-11(12)13(14)17)21(18,19)16-7-2-5-15-6-8-16;/h3-4,9,15H,2,5-8H2,1H3,(H2,14,17);1H. The minimum atomic E-state index is -3.64. The smallest absolute Gasteiger partial charge is 0.252 e. The first kappa shape index (κ1) is 18.7. The number of benzene rings is 1. The Morgan fingerprint density at radius 2 is 2.05 bits per heavy atom. The largest absolute Gasteiger partial charge is 0.496 e. The van der Waals surface area contributed by atoms with Crippen LogP contribution in [0.4, 0.5) is 0 Å². The number of hydrogen-bond donors (Lipinski definition) is 2. The summed E-state index contributed by atoms with van der Waals surface area (Å²) in [6.07, 6.45) is 0.748. The van der Waals surface area contributed by atoms with E-state index in [9.17, 15) is 13.2 Å². The molecule has 1 saturated heterocycles. The number of nitrogens with two attached hydrogens (primary N) is 1. The van der Waals surface area contributed by atoms with Gasteiger partial charge < -0.3 is 15.8 Å². The molecule has 0 aliphatic carbocycles. The van der Waals surface area contributed by atoms with Crippen molar-refractivity contribution in [3.63, 3.8) is 0 Å². The number of carbonyl (C=O) groups is 1. The van der Waals surface area contributed by atoms with Gasteiger partial charge >= 0.3 is 0 Å². The summed E-state index contributed by atoms with van der Waals surface area (Å²) in [5.74, 6) is -0.458. The van der Waals surface area contributed by atoms with Crippen molar-refractivity contribution in [2.45, 2.75) is 11.3 Å². The number of halogens is 1. The number of hydrogen-bond acceptors (Lipinski definition) is 5. The van der Waals surface area contributed by atoms with Crippen LogP contribution in [0.3, 0.4) is 0 Å². The molecule has 1 aliphatic heterocycles. The van der Waals surface area contributed by atoms with Crippen LogP contribution >= 0.6 is 12.4 Å². The van der Waals surface area contributed by atoms with Crippen LogP contribution in [0.2, 0.25) is 0 Å². The van der Waals surface area contributed by atoms with E-state index in [2.05, 4.69) is 5.32 Å². The SMILES string of the molecule is COc1ccc(S(=O)(=O)N2CCCNCC2)cc1C(N)=O.Cl. The van der Waals surface area contributed by atoms with Gasteiger partial charge in [0.2, 0.25) is 10.0 Å². The van der Waals surface area contributed by atoms with E-state index in [1.54, 1.807) is 0 Å².